The number of aryl methyl sites for hydroxylation is 1. The first kappa shape index (κ1) is 20.8. The number of hydrogen-bond acceptors (Lipinski definition) is 8. The van der Waals surface area contributed by atoms with Gasteiger partial charge >= 0.3 is 0 Å². The predicted molar refractivity (Wildman–Crippen MR) is 122 cm³/mol. The number of nitrogens with zero attached hydrogens (tertiary/aromatic N) is 3. The van der Waals surface area contributed by atoms with Gasteiger partial charge in [-0.3, -0.25) is 19.3 Å². The lowest BCUT2D eigenvalue weighted by atomic mass is 9.98. The summed E-state index contributed by atoms with van der Waals surface area (Å²) in [6, 6.07) is 12.8. The molecule has 10 heteroatoms. The fraction of sp³-hybridized carbons (Fsp3) is 0.174. The molecule has 0 radical (unpaired) electrons. The first-order valence-electron chi connectivity index (χ1n) is 10.2. The molecule has 5 rings (SSSR count). The van der Waals surface area contributed by atoms with E-state index < -0.39 is 17.9 Å². The Balaban J connectivity index is 1.67. The lowest BCUT2D eigenvalue weighted by Crippen LogP contribution is -2.29. The molecule has 0 saturated carbocycles. The highest BCUT2D eigenvalue weighted by molar-refractivity contribution is 7.15. The van der Waals surface area contributed by atoms with Gasteiger partial charge in [0.05, 0.1) is 17.0 Å². The quantitative estimate of drug-likeness (QED) is 0.466. The van der Waals surface area contributed by atoms with Crippen molar-refractivity contribution in [3.63, 3.8) is 0 Å². The smallest absolute Gasteiger partial charge is 0.297 e. The summed E-state index contributed by atoms with van der Waals surface area (Å²) in [6.07, 6.45) is 0.671. The van der Waals surface area contributed by atoms with Crippen LogP contribution in [0.3, 0.4) is 0 Å². The maximum atomic E-state index is 13.5. The van der Waals surface area contributed by atoms with Crippen LogP contribution >= 0.6 is 11.3 Å². The Bertz CT molecular complexity index is 1440. The molecule has 0 aliphatic carbocycles. The molecule has 2 aromatic carbocycles. The van der Waals surface area contributed by atoms with Crippen LogP contribution in [0.15, 0.2) is 57.7 Å². The average molecular weight is 462 g/mol. The summed E-state index contributed by atoms with van der Waals surface area (Å²) in [5, 5.41) is 9.88. The van der Waals surface area contributed by atoms with Crippen molar-refractivity contribution < 1.29 is 18.7 Å². The number of ether oxygens (including phenoxy) is 1. The number of nitrogens with two attached hydrogens (primary N) is 1. The molecule has 0 spiro atoms. The third-order valence-corrected chi connectivity index (χ3v) is 6.39. The first-order valence-corrected chi connectivity index (χ1v) is 11.0. The third-order valence-electron chi connectivity index (χ3n) is 5.32. The highest BCUT2D eigenvalue weighted by atomic mass is 32.1. The highest BCUT2D eigenvalue weighted by Crippen LogP contribution is 2.42. The van der Waals surface area contributed by atoms with Crippen LogP contribution in [0.5, 0.6) is 5.75 Å². The van der Waals surface area contributed by atoms with Crippen molar-refractivity contribution in [1.29, 1.82) is 0 Å². The Hall–Kier alpha value is -4.05. The summed E-state index contributed by atoms with van der Waals surface area (Å²) >= 11 is 1.29. The van der Waals surface area contributed by atoms with Gasteiger partial charge in [0.2, 0.25) is 10.9 Å². The number of para-hydroxylation sites is 1. The molecule has 1 aliphatic rings. The Labute approximate surface area is 191 Å². The minimum atomic E-state index is -0.754. The minimum absolute atomic E-state index is 0.00833. The first-order chi connectivity index (χ1) is 16.0. The van der Waals surface area contributed by atoms with Crippen LogP contribution in [0.1, 0.15) is 39.7 Å². The van der Waals surface area contributed by atoms with Gasteiger partial charge < -0.3 is 14.9 Å². The minimum Gasteiger partial charge on any atom is -0.484 e. The normalized spacial score (nSPS) is 15.1. The number of amides is 2. The van der Waals surface area contributed by atoms with E-state index in [1.54, 1.807) is 48.5 Å². The van der Waals surface area contributed by atoms with Crippen molar-refractivity contribution in [2.75, 3.05) is 11.5 Å². The van der Waals surface area contributed by atoms with Gasteiger partial charge in [0.25, 0.3) is 11.8 Å². The van der Waals surface area contributed by atoms with Gasteiger partial charge in [0.15, 0.2) is 12.0 Å². The van der Waals surface area contributed by atoms with Gasteiger partial charge in [-0.25, -0.2) is 0 Å². The van der Waals surface area contributed by atoms with Gasteiger partial charge in [-0.05, 0) is 36.2 Å². The summed E-state index contributed by atoms with van der Waals surface area (Å²) in [5.41, 5.74) is 6.10. The maximum absolute atomic E-state index is 13.5. The van der Waals surface area contributed by atoms with Crippen LogP contribution in [-0.4, -0.2) is 28.6 Å². The number of carbonyl (C=O) groups excluding carboxylic acids is 2. The van der Waals surface area contributed by atoms with Crippen molar-refractivity contribution in [3.05, 3.63) is 80.6 Å². The van der Waals surface area contributed by atoms with Crippen LogP contribution in [0, 0.1) is 0 Å². The second kappa shape index (κ2) is 8.14. The summed E-state index contributed by atoms with van der Waals surface area (Å²) in [5.74, 6) is -0.617. The topological polar surface area (TPSA) is 129 Å². The van der Waals surface area contributed by atoms with E-state index in [1.165, 1.54) is 16.2 Å². The Morgan fingerprint density at radius 3 is 2.61 bits per heavy atom. The van der Waals surface area contributed by atoms with E-state index in [9.17, 15) is 14.4 Å². The molecule has 0 bridgehead atoms. The van der Waals surface area contributed by atoms with Gasteiger partial charge in [0, 0.05) is 0 Å². The fourth-order valence-corrected chi connectivity index (χ4v) is 4.62. The highest BCUT2D eigenvalue weighted by Gasteiger charge is 2.45. The van der Waals surface area contributed by atoms with Crippen molar-refractivity contribution in [2.24, 2.45) is 5.73 Å². The second-order valence-corrected chi connectivity index (χ2v) is 8.44. The molecule has 2 N–H and O–H groups in total. The molecular formula is C23H18N4O5S. The Morgan fingerprint density at radius 1 is 1.15 bits per heavy atom. The lowest BCUT2D eigenvalue weighted by Gasteiger charge is -2.22. The number of rotatable bonds is 6. The Kier molecular flexibility index (Phi) is 5.14. The average Bonchev–Trinajstić information content (AvgIpc) is 3.41. The van der Waals surface area contributed by atoms with E-state index in [2.05, 4.69) is 10.2 Å². The number of aromatic nitrogens is 2. The molecule has 1 aliphatic heterocycles. The standard InChI is InChI=1S/C23H18N4O5S/c1-2-17-25-26-23(33-17)27-19(12-7-9-13(10-8-12)31-11-16(24)28)18-20(29)14-5-3-4-6-15(14)32-21(18)22(27)30/h3-10,19H,2,11H2,1H3,(H2,24,28). The molecule has 9 nitrogen and oxygen atoms in total. The van der Waals surface area contributed by atoms with E-state index in [1.807, 2.05) is 6.92 Å². The largest absolute Gasteiger partial charge is 0.484 e. The number of primary amides is 1. The maximum Gasteiger partial charge on any atom is 0.297 e. The van der Waals surface area contributed by atoms with Crippen molar-refractivity contribution >= 4 is 39.3 Å². The van der Waals surface area contributed by atoms with Crippen LogP contribution in [0.25, 0.3) is 11.0 Å². The molecule has 4 aromatic rings. The van der Waals surface area contributed by atoms with E-state index in [0.717, 1.165) is 5.01 Å². The monoisotopic (exact) mass is 462 g/mol. The molecule has 2 aromatic heterocycles. The molecule has 166 valence electrons. The van der Waals surface area contributed by atoms with E-state index in [0.29, 0.717) is 33.8 Å². The fourth-order valence-electron chi connectivity index (χ4n) is 3.82. The predicted octanol–water partition coefficient (Wildman–Crippen LogP) is 2.82. The number of hydrogen-bond donors (Lipinski definition) is 1. The molecule has 0 saturated heterocycles. The van der Waals surface area contributed by atoms with Gasteiger partial charge in [-0.1, -0.05) is 42.5 Å². The summed E-state index contributed by atoms with van der Waals surface area (Å²) < 4.78 is 11.2. The molecule has 0 fully saturated rings. The number of benzene rings is 2. The lowest BCUT2D eigenvalue weighted by molar-refractivity contribution is -0.119. The van der Waals surface area contributed by atoms with Gasteiger partial charge in [-0.2, -0.15) is 0 Å². The van der Waals surface area contributed by atoms with Crippen LogP contribution in [-0.2, 0) is 11.2 Å². The van der Waals surface area contributed by atoms with Crippen LogP contribution < -0.4 is 20.8 Å². The van der Waals surface area contributed by atoms with Crippen molar-refractivity contribution in [1.82, 2.24) is 10.2 Å². The summed E-state index contributed by atoms with van der Waals surface area (Å²) in [7, 11) is 0. The molecule has 1 atom stereocenters. The van der Waals surface area contributed by atoms with Gasteiger partial charge in [0.1, 0.15) is 16.3 Å². The molecular weight excluding hydrogens is 444 g/mol. The number of anilines is 1. The summed E-state index contributed by atoms with van der Waals surface area (Å²) in [4.78, 5) is 39.4. The molecule has 33 heavy (non-hydrogen) atoms. The molecule has 2 amide bonds. The zero-order valence-electron chi connectivity index (χ0n) is 17.5. The van der Waals surface area contributed by atoms with Gasteiger partial charge in [-0.15, -0.1) is 10.2 Å². The third kappa shape index (κ3) is 3.54. The van der Waals surface area contributed by atoms with Crippen LogP contribution in [0.2, 0.25) is 0 Å². The van der Waals surface area contributed by atoms with Crippen molar-refractivity contribution in [3.8, 4) is 5.75 Å². The van der Waals surface area contributed by atoms with E-state index in [-0.39, 0.29) is 23.4 Å². The summed E-state index contributed by atoms with van der Waals surface area (Å²) in [6.45, 7) is 1.70. The van der Waals surface area contributed by atoms with Crippen molar-refractivity contribution in [2.45, 2.75) is 19.4 Å². The van der Waals surface area contributed by atoms with E-state index in [4.69, 9.17) is 14.9 Å². The zero-order valence-corrected chi connectivity index (χ0v) is 18.3. The zero-order chi connectivity index (χ0) is 23.1. The second-order valence-electron chi connectivity index (χ2n) is 7.40. The molecule has 3 heterocycles. The Morgan fingerprint density at radius 2 is 1.91 bits per heavy atom. The van der Waals surface area contributed by atoms with E-state index >= 15 is 0 Å². The number of fused-ring (bicyclic) bond motifs is 2. The molecule has 1 unspecified atom stereocenters. The SMILES string of the molecule is CCc1nnc(N2C(=O)c3oc4ccccc4c(=O)c3C2c2ccc(OCC(N)=O)cc2)s1. The van der Waals surface area contributed by atoms with Crippen LogP contribution in [0.4, 0.5) is 5.13 Å². The number of carbonyl (C=O) groups is 2.